The number of nitrogens with one attached hydrogen (secondary N) is 2. The number of aromatic nitrogens is 2. The first kappa shape index (κ1) is 24.9. The van der Waals surface area contributed by atoms with Gasteiger partial charge in [-0.25, -0.2) is 28.1 Å². The quantitative estimate of drug-likeness (QED) is 0.441. The monoisotopic (exact) mass is 514 g/mol. The van der Waals surface area contributed by atoms with E-state index in [1.807, 2.05) is 12.1 Å². The Labute approximate surface area is 209 Å². The Morgan fingerprint density at radius 3 is 2.66 bits per heavy atom. The predicted octanol–water partition coefficient (Wildman–Crippen LogP) is 2.11. The molecule has 0 fully saturated rings. The molecule has 0 aliphatic carbocycles. The molecule has 0 spiro atoms. The van der Waals surface area contributed by atoms with Crippen molar-refractivity contribution < 1.29 is 13.2 Å². The van der Waals surface area contributed by atoms with Crippen molar-refractivity contribution >= 4 is 51.0 Å². The van der Waals surface area contributed by atoms with Gasteiger partial charge < -0.3 is 4.74 Å². The average Bonchev–Trinajstić information content (AvgIpc) is 3.10. The minimum absolute atomic E-state index is 0.0540. The maximum Gasteiger partial charge on any atom is 0.242 e. The largest absolute Gasteiger partial charge is 0.494 e. The van der Waals surface area contributed by atoms with Crippen LogP contribution in [0.25, 0.3) is 12.2 Å². The van der Waals surface area contributed by atoms with Gasteiger partial charge in [-0.15, -0.1) is 0 Å². The topological polar surface area (TPSA) is 99.7 Å². The van der Waals surface area contributed by atoms with Crippen LogP contribution in [-0.2, 0) is 10.0 Å². The number of fused-ring (bicyclic) bond motifs is 1. The summed E-state index contributed by atoms with van der Waals surface area (Å²) in [5.41, 5.74) is 4.36. The first-order chi connectivity index (χ1) is 16.9. The number of rotatable bonds is 8. The van der Waals surface area contributed by atoms with Gasteiger partial charge in [-0.1, -0.05) is 48.9 Å². The van der Waals surface area contributed by atoms with E-state index in [0.29, 0.717) is 17.1 Å². The molecular formula is C24H27ClN6O3S. The van der Waals surface area contributed by atoms with Crippen LogP contribution >= 0.6 is 11.6 Å². The van der Waals surface area contributed by atoms with Gasteiger partial charge in [0, 0.05) is 18.3 Å². The van der Waals surface area contributed by atoms with Gasteiger partial charge >= 0.3 is 0 Å². The molecule has 0 amide bonds. The average molecular weight is 515 g/mol. The highest BCUT2D eigenvalue weighted by atomic mass is 35.5. The Kier molecular flexibility index (Phi) is 7.56. The van der Waals surface area contributed by atoms with Gasteiger partial charge in [-0.2, -0.15) is 0 Å². The highest BCUT2D eigenvalue weighted by molar-refractivity contribution is 7.89. The lowest BCUT2D eigenvalue weighted by Crippen LogP contribution is -2.35. The summed E-state index contributed by atoms with van der Waals surface area (Å²) in [6, 6.07) is 10.5. The molecule has 2 heterocycles. The van der Waals surface area contributed by atoms with Gasteiger partial charge in [0.25, 0.3) is 0 Å². The Morgan fingerprint density at radius 1 is 1.17 bits per heavy atom. The SMILES string of the molecule is CCN1CC=c2ccc(OC)c(NN(c3ccccc3S(=O)(=O)NC)c3ncncc3Cl)c2=CC1. The minimum atomic E-state index is -3.81. The van der Waals surface area contributed by atoms with E-state index < -0.39 is 10.0 Å². The summed E-state index contributed by atoms with van der Waals surface area (Å²) in [5.74, 6) is 0.871. The van der Waals surface area contributed by atoms with E-state index in [0.717, 1.165) is 30.1 Å². The van der Waals surface area contributed by atoms with Crippen LogP contribution in [0.1, 0.15) is 6.92 Å². The normalized spacial score (nSPS) is 13.7. The van der Waals surface area contributed by atoms with Gasteiger partial charge in [-0.3, -0.25) is 10.3 Å². The van der Waals surface area contributed by atoms with Gasteiger partial charge in [0.2, 0.25) is 10.0 Å². The number of anilines is 3. The molecule has 2 N–H and O–H groups in total. The number of hydrogen-bond acceptors (Lipinski definition) is 8. The number of sulfonamides is 1. The summed E-state index contributed by atoms with van der Waals surface area (Å²) in [7, 11) is -0.849. The number of benzene rings is 2. The number of para-hydroxylation sites is 1. The van der Waals surface area contributed by atoms with Gasteiger partial charge in [0.1, 0.15) is 27.7 Å². The maximum atomic E-state index is 12.9. The highest BCUT2D eigenvalue weighted by Gasteiger charge is 2.25. The maximum absolute atomic E-state index is 12.9. The number of hydrazine groups is 1. The fourth-order valence-corrected chi connectivity index (χ4v) is 4.97. The van der Waals surface area contributed by atoms with Crippen LogP contribution in [0.5, 0.6) is 5.75 Å². The highest BCUT2D eigenvalue weighted by Crippen LogP contribution is 2.34. The molecule has 2 aromatic carbocycles. The Morgan fingerprint density at radius 2 is 1.94 bits per heavy atom. The second-order valence-electron chi connectivity index (χ2n) is 7.72. The first-order valence-corrected chi connectivity index (χ1v) is 12.9. The van der Waals surface area contributed by atoms with Crippen molar-refractivity contribution in [2.45, 2.75) is 11.8 Å². The Bertz CT molecular complexity index is 1450. The summed E-state index contributed by atoms with van der Waals surface area (Å²) in [6.07, 6.45) is 7.10. The molecule has 11 heteroatoms. The first-order valence-electron chi connectivity index (χ1n) is 11.0. The van der Waals surface area contributed by atoms with E-state index in [1.165, 1.54) is 25.6 Å². The van der Waals surface area contributed by atoms with Crippen molar-refractivity contribution in [3.63, 3.8) is 0 Å². The molecule has 0 atom stereocenters. The van der Waals surface area contributed by atoms with E-state index >= 15 is 0 Å². The molecule has 0 radical (unpaired) electrons. The molecule has 4 rings (SSSR count). The molecule has 1 aliphatic rings. The van der Waals surface area contributed by atoms with Crippen molar-refractivity contribution in [3.05, 3.63) is 64.4 Å². The number of ether oxygens (including phenoxy) is 1. The lowest BCUT2D eigenvalue weighted by molar-refractivity contribution is 0.372. The fourth-order valence-electron chi connectivity index (χ4n) is 3.87. The van der Waals surface area contributed by atoms with E-state index in [-0.39, 0.29) is 15.7 Å². The van der Waals surface area contributed by atoms with E-state index in [2.05, 4.69) is 44.1 Å². The van der Waals surface area contributed by atoms with Crippen molar-refractivity contribution in [1.82, 2.24) is 19.6 Å². The standard InChI is InChI=1S/C24H27ClN6O3S/c1-4-30-13-11-17-9-10-21(34-3)23(18(17)12-14-30)29-31(24-19(25)15-27-16-28-24)20-7-5-6-8-22(20)35(32,33)26-2/h5-12,15-16,26,29H,4,13-14H2,1-3H3. The zero-order chi connectivity index (χ0) is 25.0. The number of hydrogen-bond donors (Lipinski definition) is 2. The molecule has 184 valence electrons. The molecule has 0 saturated heterocycles. The van der Waals surface area contributed by atoms with Crippen molar-refractivity contribution in [3.8, 4) is 5.75 Å². The third-order valence-electron chi connectivity index (χ3n) is 5.78. The summed E-state index contributed by atoms with van der Waals surface area (Å²) >= 11 is 6.49. The second kappa shape index (κ2) is 10.6. The molecule has 9 nitrogen and oxygen atoms in total. The van der Waals surface area contributed by atoms with Gasteiger partial charge in [0.15, 0.2) is 5.82 Å². The van der Waals surface area contributed by atoms with Crippen LogP contribution in [-0.4, -0.2) is 57.1 Å². The van der Waals surface area contributed by atoms with Crippen LogP contribution in [0.3, 0.4) is 0 Å². The molecule has 1 aromatic heterocycles. The summed E-state index contributed by atoms with van der Waals surface area (Å²) in [6.45, 7) is 4.60. The molecule has 3 aromatic rings. The molecule has 0 unspecified atom stereocenters. The summed E-state index contributed by atoms with van der Waals surface area (Å²) in [4.78, 5) is 10.7. The zero-order valence-electron chi connectivity index (χ0n) is 19.7. The molecule has 1 aliphatic heterocycles. The van der Waals surface area contributed by atoms with Crippen LogP contribution in [0.15, 0.2) is 53.8 Å². The minimum Gasteiger partial charge on any atom is -0.494 e. The molecular weight excluding hydrogens is 488 g/mol. The van der Waals surface area contributed by atoms with Crippen molar-refractivity contribution in [1.29, 1.82) is 0 Å². The number of nitrogens with zero attached hydrogens (tertiary/aromatic N) is 4. The number of methoxy groups -OCH3 is 1. The molecule has 35 heavy (non-hydrogen) atoms. The molecule has 0 saturated carbocycles. The van der Waals surface area contributed by atoms with Crippen molar-refractivity contribution in [2.75, 3.05) is 44.2 Å². The smallest absolute Gasteiger partial charge is 0.242 e. The Hall–Kier alpha value is -3.18. The van der Waals surface area contributed by atoms with Gasteiger partial charge in [-0.05, 0) is 37.0 Å². The van der Waals surface area contributed by atoms with Crippen LogP contribution in [0.2, 0.25) is 5.02 Å². The van der Waals surface area contributed by atoms with E-state index in [4.69, 9.17) is 16.3 Å². The third-order valence-corrected chi connectivity index (χ3v) is 7.51. The second-order valence-corrected chi connectivity index (χ2v) is 9.99. The number of halogens is 1. The van der Waals surface area contributed by atoms with Crippen molar-refractivity contribution in [2.24, 2.45) is 0 Å². The Balaban J connectivity index is 1.97. The van der Waals surface area contributed by atoms with Crippen LogP contribution in [0.4, 0.5) is 17.2 Å². The van der Waals surface area contributed by atoms with Crippen LogP contribution in [0, 0.1) is 0 Å². The molecule has 0 bridgehead atoms. The lowest BCUT2D eigenvalue weighted by Gasteiger charge is -2.28. The van der Waals surface area contributed by atoms with Crippen LogP contribution < -0.4 is 30.3 Å². The lowest BCUT2D eigenvalue weighted by atomic mass is 10.1. The summed E-state index contributed by atoms with van der Waals surface area (Å²) in [5, 5.41) is 3.76. The van der Waals surface area contributed by atoms with E-state index in [1.54, 1.807) is 30.3 Å². The predicted molar refractivity (Wildman–Crippen MR) is 139 cm³/mol. The summed E-state index contributed by atoms with van der Waals surface area (Å²) < 4.78 is 33.9. The zero-order valence-corrected chi connectivity index (χ0v) is 21.3. The fraction of sp³-hybridized carbons (Fsp3) is 0.250. The van der Waals surface area contributed by atoms with Gasteiger partial charge in [0.05, 0.1) is 19.0 Å². The third kappa shape index (κ3) is 5.10. The van der Waals surface area contributed by atoms with E-state index in [9.17, 15) is 8.42 Å².